The maximum Gasteiger partial charge on any atom is 0.0992 e. The molecular weight excluding hydrogens is 512 g/mol. The molecule has 0 aliphatic heterocycles. The summed E-state index contributed by atoms with van der Waals surface area (Å²) in [7, 11) is 0. The first kappa shape index (κ1) is 24.0. The molecule has 0 saturated carbocycles. The van der Waals surface area contributed by atoms with Crippen LogP contribution in [0.5, 0.6) is 0 Å². The van der Waals surface area contributed by atoms with Crippen molar-refractivity contribution in [1.29, 1.82) is 10.5 Å². The Labute approximate surface area is 243 Å². The minimum absolute atomic E-state index is 0.571. The van der Waals surface area contributed by atoms with Crippen molar-refractivity contribution in [3.05, 3.63) is 138 Å². The fourth-order valence-electron chi connectivity index (χ4n) is 6.61. The van der Waals surface area contributed by atoms with E-state index in [1.807, 2.05) is 36.4 Å². The van der Waals surface area contributed by atoms with Gasteiger partial charge in [-0.05, 0) is 78.6 Å². The Morgan fingerprint density at radius 2 is 1.05 bits per heavy atom. The molecule has 0 N–H and O–H groups in total. The van der Waals surface area contributed by atoms with Crippen LogP contribution < -0.4 is 0 Å². The highest BCUT2D eigenvalue weighted by Crippen LogP contribution is 2.37. The second-order valence-corrected chi connectivity index (χ2v) is 10.8. The molecule has 1 aliphatic rings. The maximum absolute atomic E-state index is 10.1. The van der Waals surface area contributed by atoms with Crippen molar-refractivity contribution >= 4 is 38.8 Å². The molecule has 0 spiro atoms. The van der Waals surface area contributed by atoms with Crippen LogP contribution in [0.4, 0.5) is 0 Å². The molecule has 0 atom stereocenters. The fraction of sp³-hybridized carbons (Fsp3) is 0.0526. The maximum atomic E-state index is 10.1. The van der Waals surface area contributed by atoms with Gasteiger partial charge in [-0.25, -0.2) is 0 Å². The number of hydrogen-bond donors (Lipinski definition) is 0. The number of para-hydroxylation sites is 3. The molecule has 42 heavy (non-hydrogen) atoms. The van der Waals surface area contributed by atoms with Crippen LogP contribution in [-0.4, -0.2) is 9.13 Å². The molecule has 0 fully saturated rings. The third-order valence-electron chi connectivity index (χ3n) is 8.37. The van der Waals surface area contributed by atoms with Crippen molar-refractivity contribution in [3.8, 4) is 34.6 Å². The zero-order chi connectivity index (χ0) is 28.2. The van der Waals surface area contributed by atoms with Crippen LogP contribution in [0.3, 0.4) is 0 Å². The van der Waals surface area contributed by atoms with Crippen LogP contribution in [0.1, 0.15) is 28.8 Å². The van der Waals surface area contributed by atoms with E-state index < -0.39 is 0 Å². The predicted octanol–water partition coefficient (Wildman–Crippen LogP) is 9.10. The van der Waals surface area contributed by atoms with E-state index in [-0.39, 0.29) is 0 Å². The zero-order valence-electron chi connectivity index (χ0n) is 22.8. The largest absolute Gasteiger partial charge is 0.313 e. The second kappa shape index (κ2) is 9.37. The van der Waals surface area contributed by atoms with Gasteiger partial charge in [0.2, 0.25) is 0 Å². The van der Waals surface area contributed by atoms with E-state index in [0.717, 1.165) is 51.9 Å². The highest BCUT2D eigenvalue weighted by Gasteiger charge is 2.20. The van der Waals surface area contributed by atoms with Gasteiger partial charge in [0.05, 0.1) is 39.8 Å². The van der Waals surface area contributed by atoms with Crippen LogP contribution in [0.15, 0.2) is 115 Å². The van der Waals surface area contributed by atoms with Gasteiger partial charge in [-0.15, -0.1) is 0 Å². The van der Waals surface area contributed by atoms with Gasteiger partial charge in [0, 0.05) is 38.8 Å². The SMILES string of the molecule is N#Cc1cc(-c2cc(C#N)cc(-n3c4ccccc4c4ccccc43)c2)cc(-n2c3c(c4ccccc42)C=CCC3)c1. The van der Waals surface area contributed by atoms with Gasteiger partial charge in [-0.3, -0.25) is 0 Å². The molecule has 0 unspecified atom stereocenters. The van der Waals surface area contributed by atoms with Crippen molar-refractivity contribution in [2.75, 3.05) is 0 Å². The summed E-state index contributed by atoms with van der Waals surface area (Å²) in [5.74, 6) is 0. The van der Waals surface area contributed by atoms with Crippen molar-refractivity contribution in [3.63, 3.8) is 0 Å². The topological polar surface area (TPSA) is 57.4 Å². The molecule has 196 valence electrons. The zero-order valence-corrected chi connectivity index (χ0v) is 22.8. The van der Waals surface area contributed by atoms with Gasteiger partial charge in [0.1, 0.15) is 0 Å². The smallest absolute Gasteiger partial charge is 0.0992 e. The van der Waals surface area contributed by atoms with Crippen LogP contribution in [0.25, 0.3) is 61.3 Å². The van der Waals surface area contributed by atoms with Crippen LogP contribution >= 0.6 is 0 Å². The molecular formula is C38H24N4. The summed E-state index contributed by atoms with van der Waals surface area (Å²) in [6, 6.07) is 42.0. The summed E-state index contributed by atoms with van der Waals surface area (Å²) >= 11 is 0. The summed E-state index contributed by atoms with van der Waals surface area (Å²) in [4.78, 5) is 0. The Kier molecular flexibility index (Phi) is 5.36. The number of fused-ring (bicyclic) bond motifs is 6. The Hall–Kier alpha value is -5.84. The first-order chi connectivity index (χ1) is 20.7. The fourth-order valence-corrected chi connectivity index (χ4v) is 6.61. The third kappa shape index (κ3) is 3.60. The quantitative estimate of drug-likeness (QED) is 0.226. The van der Waals surface area contributed by atoms with Gasteiger partial charge in [-0.1, -0.05) is 66.7 Å². The lowest BCUT2D eigenvalue weighted by molar-refractivity contribution is 0.888. The van der Waals surface area contributed by atoms with Gasteiger partial charge in [0.25, 0.3) is 0 Å². The summed E-state index contributed by atoms with van der Waals surface area (Å²) in [5.41, 5.74) is 10.6. The summed E-state index contributed by atoms with van der Waals surface area (Å²) in [5, 5.41) is 23.7. The highest BCUT2D eigenvalue weighted by molar-refractivity contribution is 6.09. The minimum atomic E-state index is 0.571. The number of allylic oxidation sites excluding steroid dienone is 1. The van der Waals surface area contributed by atoms with Crippen molar-refractivity contribution in [2.45, 2.75) is 12.8 Å². The normalized spacial score (nSPS) is 12.4. The standard InChI is InChI=1S/C38H24N4/c39-23-25-17-27(21-29(19-25)41-35-13-5-1-9-31(35)32-10-2-6-14-36(32)41)28-18-26(24-40)20-30(22-28)42-37-15-7-3-11-33(37)34-12-4-8-16-38(34)42/h1-7,9-15,17-22H,8,16H2. The Bertz CT molecular complexity index is 2280. The molecule has 4 heteroatoms. The molecule has 0 radical (unpaired) electrons. The van der Waals surface area contributed by atoms with Gasteiger partial charge < -0.3 is 9.13 Å². The average molecular weight is 537 g/mol. The van der Waals surface area contributed by atoms with Crippen molar-refractivity contribution in [1.82, 2.24) is 9.13 Å². The first-order valence-corrected chi connectivity index (χ1v) is 14.1. The molecule has 4 nitrogen and oxygen atoms in total. The number of aromatic nitrogens is 2. The lowest BCUT2D eigenvalue weighted by Crippen LogP contribution is -2.04. The summed E-state index contributed by atoms with van der Waals surface area (Å²) in [6.07, 6.45) is 6.38. The lowest BCUT2D eigenvalue weighted by Gasteiger charge is -2.16. The molecule has 2 aromatic heterocycles. The van der Waals surface area contributed by atoms with E-state index in [9.17, 15) is 10.5 Å². The Morgan fingerprint density at radius 3 is 1.62 bits per heavy atom. The molecule has 7 aromatic rings. The van der Waals surface area contributed by atoms with Crippen LogP contribution in [-0.2, 0) is 6.42 Å². The number of nitriles is 2. The number of rotatable bonds is 3. The average Bonchev–Trinajstić information content (AvgIpc) is 3.57. The molecule has 8 rings (SSSR count). The van der Waals surface area contributed by atoms with Crippen molar-refractivity contribution < 1.29 is 0 Å². The number of nitrogens with zero attached hydrogens (tertiary/aromatic N) is 4. The van der Waals surface area contributed by atoms with E-state index in [1.165, 1.54) is 27.4 Å². The number of hydrogen-bond acceptors (Lipinski definition) is 2. The minimum Gasteiger partial charge on any atom is -0.313 e. The Morgan fingerprint density at radius 1 is 0.548 bits per heavy atom. The summed E-state index contributed by atoms with van der Waals surface area (Å²) in [6.45, 7) is 0. The van der Waals surface area contributed by atoms with E-state index in [2.05, 4.69) is 106 Å². The molecule has 0 amide bonds. The molecule has 5 aromatic carbocycles. The predicted molar refractivity (Wildman–Crippen MR) is 170 cm³/mol. The second-order valence-electron chi connectivity index (χ2n) is 10.8. The molecule has 2 heterocycles. The first-order valence-electron chi connectivity index (χ1n) is 14.1. The third-order valence-corrected chi connectivity index (χ3v) is 8.37. The van der Waals surface area contributed by atoms with E-state index >= 15 is 0 Å². The van der Waals surface area contributed by atoms with E-state index in [4.69, 9.17) is 0 Å². The highest BCUT2D eigenvalue weighted by atomic mass is 15.0. The van der Waals surface area contributed by atoms with Crippen LogP contribution in [0.2, 0.25) is 0 Å². The monoisotopic (exact) mass is 536 g/mol. The Balaban J connectivity index is 1.38. The molecule has 1 aliphatic carbocycles. The van der Waals surface area contributed by atoms with Crippen LogP contribution in [0, 0.1) is 22.7 Å². The van der Waals surface area contributed by atoms with Gasteiger partial charge in [-0.2, -0.15) is 10.5 Å². The van der Waals surface area contributed by atoms with Crippen molar-refractivity contribution in [2.24, 2.45) is 0 Å². The van der Waals surface area contributed by atoms with Gasteiger partial charge in [0.15, 0.2) is 0 Å². The molecule has 0 saturated heterocycles. The van der Waals surface area contributed by atoms with E-state index in [1.54, 1.807) is 0 Å². The summed E-state index contributed by atoms with van der Waals surface area (Å²) < 4.78 is 4.53. The molecule has 0 bridgehead atoms. The van der Waals surface area contributed by atoms with E-state index in [0.29, 0.717) is 11.1 Å². The number of benzene rings is 5. The van der Waals surface area contributed by atoms with Gasteiger partial charge >= 0.3 is 0 Å². The lowest BCUT2D eigenvalue weighted by atomic mass is 9.99.